The molecular formula is C66H122O12. The van der Waals surface area contributed by atoms with Crippen molar-refractivity contribution in [2.24, 2.45) is 5.41 Å². The van der Waals surface area contributed by atoms with Crippen LogP contribution in [0.5, 0.6) is 0 Å². The molecule has 0 aromatic carbocycles. The fourth-order valence-electron chi connectivity index (χ4n) is 10.3. The second-order valence-corrected chi connectivity index (χ2v) is 23.2. The van der Waals surface area contributed by atoms with Crippen LogP contribution in [-0.4, -0.2) is 73.9 Å². The molecule has 78 heavy (non-hydrogen) atoms. The highest BCUT2D eigenvalue weighted by atomic mass is 16.6. The number of hydrogen-bond donors (Lipinski definition) is 0. The minimum Gasteiger partial charge on any atom is -0.465 e. The van der Waals surface area contributed by atoms with E-state index >= 15 is 0 Å². The van der Waals surface area contributed by atoms with Gasteiger partial charge in [-0.2, -0.15) is 0 Å². The van der Waals surface area contributed by atoms with Crippen LogP contribution in [0, 0.1) is 5.41 Å². The maximum Gasteiger partial charge on any atom is 0.305 e. The van der Waals surface area contributed by atoms with Gasteiger partial charge in [0.05, 0.1) is 5.41 Å². The predicted molar refractivity (Wildman–Crippen MR) is 317 cm³/mol. The van der Waals surface area contributed by atoms with E-state index in [2.05, 4.69) is 20.8 Å². The first kappa shape index (κ1) is 74.8. The average Bonchev–Trinajstić information content (AvgIpc) is 3.40. The van der Waals surface area contributed by atoms with Crippen molar-refractivity contribution >= 4 is 35.8 Å². The zero-order chi connectivity index (χ0) is 57.6. The molecule has 3 unspecified atom stereocenters. The first-order chi connectivity index (χ1) is 37.8. The standard InChI is InChI=1S/C66H122O12/c1-8-12-15-18-21-27-36-45-60(76-57(5)67)48-39-30-24-33-42-51-63(70)73-54-66(11-4,55-74-64(71)52-43-34-25-31-40-49-61(77-58(6)68)46-37-28-22-19-16-13-9-2)56-75-65(72)53-44-35-26-32-41-50-62(78-59(7)69)47-38-29-23-20-17-14-10-3/h60-62H,8-56H2,1-7H3. The molecular weight excluding hydrogens is 985 g/mol. The van der Waals surface area contributed by atoms with Crippen molar-refractivity contribution in [1.82, 2.24) is 0 Å². The van der Waals surface area contributed by atoms with Crippen LogP contribution in [0.2, 0.25) is 0 Å². The summed E-state index contributed by atoms with van der Waals surface area (Å²) in [6, 6.07) is 0. The molecule has 0 radical (unpaired) electrons. The van der Waals surface area contributed by atoms with Crippen LogP contribution in [0.25, 0.3) is 0 Å². The molecule has 0 aromatic heterocycles. The Hall–Kier alpha value is -3.18. The molecule has 0 aliphatic carbocycles. The van der Waals surface area contributed by atoms with Gasteiger partial charge in [-0.15, -0.1) is 0 Å². The van der Waals surface area contributed by atoms with Crippen LogP contribution in [0.15, 0.2) is 0 Å². The monoisotopic (exact) mass is 1110 g/mol. The Labute approximate surface area is 478 Å². The van der Waals surface area contributed by atoms with E-state index in [9.17, 15) is 28.8 Å². The highest BCUT2D eigenvalue weighted by Crippen LogP contribution is 2.27. The zero-order valence-corrected chi connectivity index (χ0v) is 51.8. The van der Waals surface area contributed by atoms with E-state index in [1.54, 1.807) is 0 Å². The van der Waals surface area contributed by atoms with Crippen molar-refractivity contribution in [3.8, 4) is 0 Å². The summed E-state index contributed by atoms with van der Waals surface area (Å²) in [4.78, 5) is 74.5. The summed E-state index contributed by atoms with van der Waals surface area (Å²) in [5.41, 5.74) is -0.865. The summed E-state index contributed by atoms with van der Waals surface area (Å²) in [5, 5.41) is 0. The molecule has 12 heteroatoms. The van der Waals surface area contributed by atoms with Crippen molar-refractivity contribution in [2.45, 2.75) is 362 Å². The average molecular weight is 1110 g/mol. The summed E-state index contributed by atoms with van der Waals surface area (Å²) in [5.74, 6) is -1.59. The third-order valence-electron chi connectivity index (χ3n) is 15.5. The zero-order valence-electron chi connectivity index (χ0n) is 51.8. The normalized spacial score (nSPS) is 13.3. The smallest absolute Gasteiger partial charge is 0.305 e. The molecule has 12 nitrogen and oxygen atoms in total. The molecule has 0 heterocycles. The summed E-state index contributed by atoms with van der Waals surface area (Å²) in [6.07, 6.45) is 46.2. The van der Waals surface area contributed by atoms with Crippen molar-refractivity contribution in [1.29, 1.82) is 0 Å². The van der Waals surface area contributed by atoms with Crippen molar-refractivity contribution in [3.63, 3.8) is 0 Å². The number of carbonyl (C=O) groups excluding carboxylic acids is 6. The first-order valence-corrected chi connectivity index (χ1v) is 32.8. The van der Waals surface area contributed by atoms with E-state index in [1.807, 2.05) is 6.92 Å². The number of ether oxygens (including phenoxy) is 6. The molecule has 0 N–H and O–H groups in total. The van der Waals surface area contributed by atoms with Gasteiger partial charge in [0, 0.05) is 40.0 Å². The Morgan fingerprint density at radius 2 is 0.474 bits per heavy atom. The van der Waals surface area contributed by atoms with Crippen LogP contribution in [0.3, 0.4) is 0 Å². The van der Waals surface area contributed by atoms with E-state index in [0.717, 1.165) is 135 Å². The van der Waals surface area contributed by atoms with Gasteiger partial charge in [0.15, 0.2) is 0 Å². The molecule has 0 spiro atoms. The lowest BCUT2D eigenvalue weighted by molar-refractivity contribution is -0.162. The predicted octanol–water partition coefficient (Wildman–Crippen LogP) is 18.4. The topological polar surface area (TPSA) is 158 Å². The third-order valence-corrected chi connectivity index (χ3v) is 15.5. The van der Waals surface area contributed by atoms with Crippen LogP contribution >= 0.6 is 0 Å². The van der Waals surface area contributed by atoms with Gasteiger partial charge in [0.2, 0.25) is 0 Å². The van der Waals surface area contributed by atoms with Crippen LogP contribution in [0.4, 0.5) is 0 Å². The molecule has 0 amide bonds. The minimum atomic E-state index is -0.865. The Bertz CT molecular complexity index is 1280. The molecule has 458 valence electrons. The summed E-state index contributed by atoms with van der Waals surface area (Å²) in [7, 11) is 0. The molecule has 0 saturated heterocycles. The lowest BCUT2D eigenvalue weighted by atomic mass is 9.88. The Morgan fingerprint density at radius 3 is 0.667 bits per heavy atom. The number of unbranched alkanes of at least 4 members (excludes halogenated alkanes) is 30. The van der Waals surface area contributed by atoms with Gasteiger partial charge < -0.3 is 28.4 Å². The molecule has 0 rings (SSSR count). The number of hydrogen-bond acceptors (Lipinski definition) is 12. The number of carbonyl (C=O) groups is 6. The van der Waals surface area contributed by atoms with Crippen LogP contribution < -0.4 is 0 Å². The number of esters is 6. The largest absolute Gasteiger partial charge is 0.465 e. The van der Waals surface area contributed by atoms with Crippen molar-refractivity contribution < 1.29 is 57.2 Å². The fourth-order valence-corrected chi connectivity index (χ4v) is 10.3. The quantitative estimate of drug-likeness (QED) is 0.0323. The number of rotatable bonds is 58. The van der Waals surface area contributed by atoms with Gasteiger partial charge in [-0.1, -0.05) is 201 Å². The fraction of sp³-hybridized carbons (Fsp3) is 0.909. The van der Waals surface area contributed by atoms with Crippen LogP contribution in [-0.2, 0) is 57.2 Å². The van der Waals surface area contributed by atoms with Crippen LogP contribution in [0.1, 0.15) is 344 Å². The van der Waals surface area contributed by atoms with E-state index in [-0.39, 0.29) is 93.2 Å². The SMILES string of the molecule is CCCCCCCCCC(CCCCCCCC(=O)OCC(CC)(COC(=O)CCCCCCCC(CCCCCCCCC)OC(C)=O)COC(=O)CCCCCCCC(CCCCCCCCC)OC(C)=O)OC(C)=O. The maximum atomic E-state index is 13.1. The lowest BCUT2D eigenvalue weighted by Gasteiger charge is -2.31. The molecule has 0 aromatic rings. The van der Waals surface area contributed by atoms with Gasteiger partial charge in [-0.3, -0.25) is 28.8 Å². The molecule has 0 saturated carbocycles. The maximum absolute atomic E-state index is 13.1. The molecule has 0 aliphatic heterocycles. The second-order valence-electron chi connectivity index (χ2n) is 23.2. The highest BCUT2D eigenvalue weighted by Gasteiger charge is 2.34. The molecule has 3 atom stereocenters. The lowest BCUT2D eigenvalue weighted by Crippen LogP contribution is -2.39. The van der Waals surface area contributed by atoms with Crippen molar-refractivity contribution in [2.75, 3.05) is 19.8 Å². The first-order valence-electron chi connectivity index (χ1n) is 32.8. The Balaban J connectivity index is 5.09. The summed E-state index contributed by atoms with van der Waals surface area (Å²) in [6.45, 7) is 13.1. The van der Waals surface area contributed by atoms with Gasteiger partial charge in [0.1, 0.15) is 38.1 Å². The third kappa shape index (κ3) is 49.8. The van der Waals surface area contributed by atoms with Gasteiger partial charge in [-0.05, 0) is 103 Å². The molecule has 0 aliphatic rings. The van der Waals surface area contributed by atoms with E-state index in [4.69, 9.17) is 28.4 Å². The van der Waals surface area contributed by atoms with E-state index in [0.29, 0.717) is 25.7 Å². The van der Waals surface area contributed by atoms with Gasteiger partial charge in [0.25, 0.3) is 0 Å². The molecule has 0 bridgehead atoms. The van der Waals surface area contributed by atoms with E-state index < -0.39 is 5.41 Å². The van der Waals surface area contributed by atoms with Gasteiger partial charge >= 0.3 is 35.8 Å². The molecule has 0 fully saturated rings. The highest BCUT2D eigenvalue weighted by molar-refractivity contribution is 5.70. The van der Waals surface area contributed by atoms with E-state index in [1.165, 1.54) is 136 Å². The summed E-state index contributed by atoms with van der Waals surface area (Å²) >= 11 is 0. The Morgan fingerprint density at radius 1 is 0.282 bits per heavy atom. The van der Waals surface area contributed by atoms with Gasteiger partial charge in [-0.25, -0.2) is 0 Å². The second kappa shape index (κ2) is 54.4. The minimum absolute atomic E-state index is 0.0141. The Kier molecular flexibility index (Phi) is 52.2. The van der Waals surface area contributed by atoms with Crippen molar-refractivity contribution in [3.05, 3.63) is 0 Å². The summed E-state index contributed by atoms with van der Waals surface area (Å²) < 4.78 is 34.4.